The van der Waals surface area contributed by atoms with E-state index in [9.17, 15) is 13.2 Å². The molecule has 0 aliphatic rings. The van der Waals surface area contributed by atoms with Gasteiger partial charge in [0.2, 0.25) is 0 Å². The average molecular weight is 364 g/mol. The van der Waals surface area contributed by atoms with Crippen LogP contribution >= 0.6 is 0 Å². The zero-order valence-electron chi connectivity index (χ0n) is 15.4. The number of amidine groups is 1. The number of rotatable bonds is 4. The fourth-order valence-electron chi connectivity index (χ4n) is 2.16. The first kappa shape index (κ1) is 21.3. The molecule has 1 N–H and O–H groups in total. The van der Waals surface area contributed by atoms with Gasteiger partial charge in [-0.1, -0.05) is 44.7 Å². The Morgan fingerprint density at radius 3 is 2.31 bits per heavy atom. The van der Waals surface area contributed by atoms with Crippen molar-refractivity contribution in [1.82, 2.24) is 9.97 Å². The van der Waals surface area contributed by atoms with Crippen molar-refractivity contribution in [2.75, 3.05) is 0 Å². The van der Waals surface area contributed by atoms with Crippen LogP contribution < -0.4 is 0 Å². The summed E-state index contributed by atoms with van der Waals surface area (Å²) < 4.78 is 37.7. The van der Waals surface area contributed by atoms with Crippen LogP contribution in [0, 0.1) is 0 Å². The van der Waals surface area contributed by atoms with E-state index in [2.05, 4.69) is 26.5 Å². The molecular formula is C19H23F3N4. The standard InChI is InChI=1S/C17H17F3N4.C2H6/c1-4-21-12(3)23-11(2)9-13-5-7-14(8-6-13)16-22-10-15(24-16)17(18,19)20;1-2/h4-8,10H,1,9H2,2-3H3,(H,22,24);1-2H3. The van der Waals surface area contributed by atoms with Crippen LogP contribution in [0.3, 0.4) is 0 Å². The molecule has 0 atom stereocenters. The molecule has 0 bridgehead atoms. The lowest BCUT2D eigenvalue weighted by atomic mass is 10.1. The van der Waals surface area contributed by atoms with Gasteiger partial charge in [-0.15, -0.1) is 0 Å². The average Bonchev–Trinajstić information content (AvgIpc) is 3.08. The van der Waals surface area contributed by atoms with E-state index < -0.39 is 11.9 Å². The summed E-state index contributed by atoms with van der Waals surface area (Å²) in [5.74, 6) is 0.808. The number of alkyl halides is 3. The number of hydrogen-bond acceptors (Lipinski definition) is 2. The summed E-state index contributed by atoms with van der Waals surface area (Å²) in [5, 5.41) is 0. The maximum absolute atomic E-state index is 12.6. The second-order valence-electron chi connectivity index (χ2n) is 5.22. The van der Waals surface area contributed by atoms with Crippen LogP contribution in [0.2, 0.25) is 0 Å². The van der Waals surface area contributed by atoms with Crippen molar-refractivity contribution in [1.29, 1.82) is 0 Å². The van der Waals surface area contributed by atoms with Crippen molar-refractivity contribution in [2.45, 2.75) is 40.3 Å². The van der Waals surface area contributed by atoms with Crippen LogP contribution in [-0.4, -0.2) is 21.5 Å². The summed E-state index contributed by atoms with van der Waals surface area (Å²) >= 11 is 0. The lowest BCUT2D eigenvalue weighted by molar-refractivity contribution is -0.140. The van der Waals surface area contributed by atoms with Gasteiger partial charge in [0, 0.05) is 23.9 Å². The first-order valence-electron chi connectivity index (χ1n) is 8.20. The zero-order valence-corrected chi connectivity index (χ0v) is 15.4. The lowest BCUT2D eigenvalue weighted by Crippen LogP contribution is -2.04. The molecule has 0 aliphatic carbocycles. The number of hydrogen-bond donors (Lipinski definition) is 1. The van der Waals surface area contributed by atoms with Crippen molar-refractivity contribution in [3.8, 4) is 11.4 Å². The summed E-state index contributed by atoms with van der Waals surface area (Å²) in [6.45, 7) is 11.2. The molecule has 1 aromatic heterocycles. The predicted octanol–water partition coefficient (Wildman–Crippen LogP) is 5.69. The third-order valence-electron chi connectivity index (χ3n) is 3.20. The molecule has 0 unspecified atom stereocenters. The van der Waals surface area contributed by atoms with Gasteiger partial charge in [-0.05, 0) is 19.4 Å². The summed E-state index contributed by atoms with van der Waals surface area (Å²) in [4.78, 5) is 14.4. The van der Waals surface area contributed by atoms with Crippen molar-refractivity contribution in [3.63, 3.8) is 0 Å². The van der Waals surface area contributed by atoms with Crippen LogP contribution in [0.5, 0.6) is 0 Å². The highest BCUT2D eigenvalue weighted by Gasteiger charge is 2.33. The number of imidazole rings is 1. The van der Waals surface area contributed by atoms with Crippen molar-refractivity contribution >= 4 is 11.5 Å². The Balaban J connectivity index is 0.00000163. The van der Waals surface area contributed by atoms with E-state index in [-0.39, 0.29) is 5.82 Å². The van der Waals surface area contributed by atoms with E-state index in [4.69, 9.17) is 0 Å². The van der Waals surface area contributed by atoms with Gasteiger partial charge in [-0.3, -0.25) is 0 Å². The SMILES string of the molecule is C=CN=C(C)N=C(C)Cc1ccc(-c2ncc(C(F)(F)F)[nH]2)cc1.CC. The number of aromatic amines is 1. The Kier molecular flexibility index (Phi) is 7.96. The molecule has 26 heavy (non-hydrogen) atoms. The quantitative estimate of drug-likeness (QED) is 0.550. The number of halogens is 3. The number of nitrogens with zero attached hydrogens (tertiary/aromatic N) is 3. The lowest BCUT2D eigenvalue weighted by Gasteiger charge is -2.04. The minimum Gasteiger partial charge on any atom is -0.334 e. The van der Waals surface area contributed by atoms with Crippen LogP contribution in [-0.2, 0) is 12.6 Å². The maximum atomic E-state index is 12.6. The Morgan fingerprint density at radius 1 is 1.19 bits per heavy atom. The van der Waals surface area contributed by atoms with Crippen molar-refractivity contribution in [3.05, 3.63) is 54.5 Å². The summed E-state index contributed by atoms with van der Waals surface area (Å²) in [7, 11) is 0. The largest absolute Gasteiger partial charge is 0.432 e. The third kappa shape index (κ3) is 6.31. The van der Waals surface area contributed by atoms with Gasteiger partial charge < -0.3 is 4.98 Å². The second-order valence-corrected chi connectivity index (χ2v) is 5.22. The molecule has 1 heterocycles. The van der Waals surface area contributed by atoms with Crippen molar-refractivity contribution < 1.29 is 13.2 Å². The fraction of sp³-hybridized carbons (Fsp3) is 0.316. The van der Waals surface area contributed by atoms with Gasteiger partial charge >= 0.3 is 6.18 Å². The highest BCUT2D eigenvalue weighted by atomic mass is 19.4. The molecule has 4 nitrogen and oxygen atoms in total. The fourth-order valence-corrected chi connectivity index (χ4v) is 2.16. The first-order chi connectivity index (χ1) is 12.3. The van der Waals surface area contributed by atoms with Gasteiger partial charge in [0.1, 0.15) is 17.4 Å². The van der Waals surface area contributed by atoms with Crippen LogP contribution in [0.15, 0.2) is 53.2 Å². The Labute approximate surface area is 151 Å². The van der Waals surface area contributed by atoms with E-state index in [1.165, 1.54) is 6.20 Å². The van der Waals surface area contributed by atoms with Gasteiger partial charge in [0.15, 0.2) is 0 Å². The van der Waals surface area contributed by atoms with E-state index in [0.29, 0.717) is 17.8 Å². The summed E-state index contributed by atoms with van der Waals surface area (Å²) in [5.41, 5.74) is 1.60. The van der Waals surface area contributed by atoms with Crippen LogP contribution in [0.1, 0.15) is 39.0 Å². The Hall–Kier alpha value is -2.70. The number of aliphatic imine (C=N–C) groups is 2. The third-order valence-corrected chi connectivity index (χ3v) is 3.20. The molecule has 0 saturated carbocycles. The molecule has 7 heteroatoms. The molecule has 0 saturated heterocycles. The molecule has 0 radical (unpaired) electrons. The van der Waals surface area contributed by atoms with Crippen LogP contribution in [0.4, 0.5) is 13.2 Å². The Bertz CT molecular complexity index is 769. The molecule has 0 fully saturated rings. The maximum Gasteiger partial charge on any atom is 0.432 e. The topological polar surface area (TPSA) is 53.4 Å². The number of benzene rings is 1. The molecule has 0 amide bonds. The number of aromatic nitrogens is 2. The molecule has 1 aromatic carbocycles. The molecule has 0 spiro atoms. The van der Waals surface area contributed by atoms with E-state index in [0.717, 1.165) is 17.5 Å². The molecule has 2 rings (SSSR count). The first-order valence-corrected chi connectivity index (χ1v) is 8.20. The molecule has 140 valence electrons. The monoisotopic (exact) mass is 364 g/mol. The second kappa shape index (κ2) is 9.70. The summed E-state index contributed by atoms with van der Waals surface area (Å²) in [6, 6.07) is 7.13. The van der Waals surface area contributed by atoms with Gasteiger partial charge in [-0.2, -0.15) is 13.2 Å². The predicted molar refractivity (Wildman–Crippen MR) is 100 cm³/mol. The number of H-pyrrole nitrogens is 1. The van der Waals surface area contributed by atoms with E-state index in [1.54, 1.807) is 19.1 Å². The molecular weight excluding hydrogens is 341 g/mol. The number of nitrogens with one attached hydrogen (secondary N) is 1. The Morgan fingerprint density at radius 2 is 1.81 bits per heavy atom. The van der Waals surface area contributed by atoms with Crippen LogP contribution in [0.25, 0.3) is 11.4 Å². The zero-order chi connectivity index (χ0) is 19.7. The van der Waals surface area contributed by atoms with Gasteiger partial charge in [0.05, 0.1) is 6.20 Å². The minimum absolute atomic E-state index is 0.188. The molecule has 0 aliphatic heterocycles. The smallest absolute Gasteiger partial charge is 0.334 e. The normalized spacial score (nSPS) is 12.4. The van der Waals surface area contributed by atoms with Gasteiger partial charge in [0.25, 0.3) is 0 Å². The van der Waals surface area contributed by atoms with Gasteiger partial charge in [-0.25, -0.2) is 15.0 Å². The summed E-state index contributed by atoms with van der Waals surface area (Å²) in [6.07, 6.45) is -1.58. The van der Waals surface area contributed by atoms with E-state index >= 15 is 0 Å². The highest BCUT2D eigenvalue weighted by Crippen LogP contribution is 2.29. The molecule has 2 aromatic rings. The van der Waals surface area contributed by atoms with E-state index in [1.807, 2.05) is 32.9 Å². The van der Waals surface area contributed by atoms with Crippen molar-refractivity contribution in [2.24, 2.45) is 9.98 Å². The minimum atomic E-state index is -4.43. The highest BCUT2D eigenvalue weighted by molar-refractivity contribution is 5.97.